The number of carbonyl (C=O) groups is 1. The molecule has 1 aromatic carbocycles. The molecule has 0 saturated carbocycles. The topological polar surface area (TPSA) is 50.4 Å². The molecule has 0 aliphatic carbocycles. The zero-order valence-electron chi connectivity index (χ0n) is 11.3. The van der Waals surface area contributed by atoms with Gasteiger partial charge in [-0.05, 0) is 31.5 Å². The van der Waals surface area contributed by atoms with Crippen molar-refractivity contribution < 1.29 is 22.7 Å². The minimum absolute atomic E-state index is 0.128. The molecule has 4 nitrogen and oxygen atoms in total. The van der Waals surface area contributed by atoms with Gasteiger partial charge in [-0.15, -0.1) is 0 Å². The quantitative estimate of drug-likeness (QED) is 0.820. The largest absolute Gasteiger partial charge is 0.490 e. The van der Waals surface area contributed by atoms with E-state index < -0.39 is 18.2 Å². The van der Waals surface area contributed by atoms with Crippen molar-refractivity contribution in [3.8, 4) is 0 Å². The zero-order chi connectivity index (χ0) is 15.3. The highest BCUT2D eigenvalue weighted by atomic mass is 19.4. The van der Waals surface area contributed by atoms with E-state index in [9.17, 15) is 18.0 Å². The highest BCUT2D eigenvalue weighted by Crippen LogP contribution is 2.21. The van der Waals surface area contributed by atoms with Crippen molar-refractivity contribution >= 4 is 11.7 Å². The van der Waals surface area contributed by atoms with Crippen molar-refractivity contribution in [1.82, 2.24) is 5.32 Å². The van der Waals surface area contributed by atoms with E-state index in [1.165, 1.54) is 0 Å². The fraction of sp³-hybridized carbons (Fsp3) is 0.500. The monoisotopic (exact) mass is 302 g/mol. The van der Waals surface area contributed by atoms with Crippen LogP contribution in [0.2, 0.25) is 0 Å². The Morgan fingerprint density at radius 1 is 1.38 bits per heavy atom. The van der Waals surface area contributed by atoms with Crippen LogP contribution in [-0.4, -0.2) is 37.4 Å². The van der Waals surface area contributed by atoms with Crippen LogP contribution >= 0.6 is 0 Å². The van der Waals surface area contributed by atoms with Crippen molar-refractivity contribution in [2.75, 3.05) is 18.4 Å². The zero-order valence-corrected chi connectivity index (χ0v) is 11.3. The molecule has 7 heteroatoms. The highest BCUT2D eigenvalue weighted by molar-refractivity contribution is 5.75. The molecule has 0 amide bonds. The number of esters is 1. The van der Waals surface area contributed by atoms with Crippen molar-refractivity contribution in [3.63, 3.8) is 0 Å². The first-order valence-corrected chi connectivity index (χ1v) is 6.77. The van der Waals surface area contributed by atoms with Gasteiger partial charge in [0.25, 0.3) is 0 Å². The molecule has 1 aliphatic rings. The summed E-state index contributed by atoms with van der Waals surface area (Å²) < 4.78 is 41.7. The average molecular weight is 302 g/mol. The first-order chi connectivity index (χ1) is 9.97. The first kappa shape index (κ1) is 15.6. The normalized spacial score (nSPS) is 20.0. The van der Waals surface area contributed by atoms with E-state index >= 15 is 0 Å². The molecule has 1 unspecified atom stereocenters. The van der Waals surface area contributed by atoms with Crippen molar-refractivity contribution in [2.45, 2.75) is 31.2 Å². The number of para-hydroxylation sites is 1. The van der Waals surface area contributed by atoms with E-state index in [0.29, 0.717) is 6.42 Å². The summed E-state index contributed by atoms with van der Waals surface area (Å²) >= 11 is 0. The number of alkyl halides is 3. The molecule has 0 aromatic heterocycles. The highest BCUT2D eigenvalue weighted by Gasteiger charge is 2.43. The Labute approximate surface area is 120 Å². The standard InChI is InChI=1S/C14H17F3N2O2/c15-14(16,17)13(20)21-12(11-7-4-8-18-11)9-19-10-5-2-1-3-6-10/h1-3,5-6,11-12,18-19H,4,7-9H2/t11-,12?/m1/s1. The summed E-state index contributed by atoms with van der Waals surface area (Å²) in [6.07, 6.45) is -4.28. The van der Waals surface area contributed by atoms with Gasteiger partial charge in [0.15, 0.2) is 0 Å². The Morgan fingerprint density at radius 3 is 2.67 bits per heavy atom. The molecule has 1 heterocycles. The lowest BCUT2D eigenvalue weighted by Gasteiger charge is -2.25. The molecule has 1 saturated heterocycles. The van der Waals surface area contributed by atoms with Gasteiger partial charge in [-0.1, -0.05) is 18.2 Å². The van der Waals surface area contributed by atoms with E-state index in [0.717, 1.165) is 18.7 Å². The van der Waals surface area contributed by atoms with Crippen LogP contribution in [0.15, 0.2) is 30.3 Å². The maximum absolute atomic E-state index is 12.3. The van der Waals surface area contributed by atoms with Gasteiger partial charge in [0, 0.05) is 11.7 Å². The van der Waals surface area contributed by atoms with E-state index in [1.54, 1.807) is 12.1 Å². The molecule has 2 N–H and O–H groups in total. The molecule has 0 bridgehead atoms. The number of rotatable bonds is 5. The molecular weight excluding hydrogens is 285 g/mol. The van der Waals surface area contributed by atoms with Gasteiger partial charge in [-0.3, -0.25) is 0 Å². The summed E-state index contributed by atoms with van der Waals surface area (Å²) in [7, 11) is 0. The maximum atomic E-state index is 12.3. The van der Waals surface area contributed by atoms with Gasteiger partial charge < -0.3 is 15.4 Å². The van der Waals surface area contributed by atoms with Crippen molar-refractivity contribution in [1.29, 1.82) is 0 Å². The molecule has 0 radical (unpaired) electrons. The molecule has 1 aromatic rings. The van der Waals surface area contributed by atoms with Crippen LogP contribution in [-0.2, 0) is 9.53 Å². The molecule has 21 heavy (non-hydrogen) atoms. The second-order valence-corrected chi connectivity index (χ2v) is 4.89. The number of nitrogens with one attached hydrogen (secondary N) is 2. The lowest BCUT2D eigenvalue weighted by molar-refractivity contribution is -0.205. The number of benzene rings is 1. The molecular formula is C14H17F3N2O2. The van der Waals surface area contributed by atoms with Crippen LogP contribution in [0.3, 0.4) is 0 Å². The van der Waals surface area contributed by atoms with E-state index in [4.69, 9.17) is 0 Å². The third kappa shape index (κ3) is 4.63. The number of halogens is 3. The molecule has 2 rings (SSSR count). The Bertz CT molecular complexity index is 459. The molecule has 116 valence electrons. The number of carbonyl (C=O) groups excluding carboxylic acids is 1. The summed E-state index contributed by atoms with van der Waals surface area (Å²) in [5.74, 6) is -2.14. The van der Waals surface area contributed by atoms with Gasteiger partial charge in [0.05, 0.1) is 6.54 Å². The minimum Gasteiger partial charge on any atom is -0.452 e. The Balaban J connectivity index is 1.97. The summed E-state index contributed by atoms with van der Waals surface area (Å²) in [6.45, 7) is 0.847. The van der Waals surface area contributed by atoms with Gasteiger partial charge in [0.2, 0.25) is 0 Å². The summed E-state index contributed by atoms with van der Waals surface area (Å²) in [5, 5.41) is 6.06. The van der Waals surface area contributed by atoms with Gasteiger partial charge in [0.1, 0.15) is 6.10 Å². The number of hydrogen-bond donors (Lipinski definition) is 2. The first-order valence-electron chi connectivity index (χ1n) is 6.77. The molecule has 2 atom stereocenters. The number of anilines is 1. The predicted molar refractivity (Wildman–Crippen MR) is 71.9 cm³/mol. The lowest BCUT2D eigenvalue weighted by atomic mass is 10.1. The average Bonchev–Trinajstić information content (AvgIpc) is 2.97. The molecule has 1 fully saturated rings. The minimum atomic E-state index is -4.97. The number of ether oxygens (including phenoxy) is 1. The van der Waals surface area contributed by atoms with Crippen LogP contribution in [0.4, 0.5) is 18.9 Å². The third-order valence-corrected chi connectivity index (χ3v) is 3.32. The van der Waals surface area contributed by atoms with Crippen molar-refractivity contribution in [2.24, 2.45) is 0 Å². The smallest absolute Gasteiger partial charge is 0.452 e. The Kier molecular flexibility index (Phi) is 5.06. The Hall–Kier alpha value is -1.76. The van der Waals surface area contributed by atoms with E-state index in [1.807, 2.05) is 18.2 Å². The SMILES string of the molecule is O=C(OC(CNc1ccccc1)[C@H]1CCCN1)C(F)(F)F. The maximum Gasteiger partial charge on any atom is 0.490 e. The van der Waals surface area contributed by atoms with Crippen LogP contribution < -0.4 is 10.6 Å². The van der Waals surface area contributed by atoms with Crippen LogP contribution in [0.1, 0.15) is 12.8 Å². The van der Waals surface area contributed by atoms with Crippen molar-refractivity contribution in [3.05, 3.63) is 30.3 Å². The van der Waals surface area contributed by atoms with Crippen LogP contribution in [0, 0.1) is 0 Å². The fourth-order valence-corrected chi connectivity index (χ4v) is 2.27. The lowest BCUT2D eigenvalue weighted by Crippen LogP contribution is -2.44. The Morgan fingerprint density at radius 2 is 2.10 bits per heavy atom. The van der Waals surface area contributed by atoms with Gasteiger partial charge >= 0.3 is 12.1 Å². The summed E-state index contributed by atoms with van der Waals surface area (Å²) in [6, 6.07) is 8.80. The van der Waals surface area contributed by atoms with E-state index in [-0.39, 0.29) is 12.6 Å². The van der Waals surface area contributed by atoms with Crippen LogP contribution in [0.25, 0.3) is 0 Å². The van der Waals surface area contributed by atoms with Gasteiger partial charge in [-0.2, -0.15) is 13.2 Å². The predicted octanol–water partition coefficient (Wildman–Crippen LogP) is 2.32. The third-order valence-electron chi connectivity index (χ3n) is 3.32. The molecule has 0 spiro atoms. The second kappa shape index (κ2) is 6.80. The van der Waals surface area contributed by atoms with Crippen LogP contribution in [0.5, 0.6) is 0 Å². The summed E-state index contributed by atoms with van der Waals surface area (Å²) in [4.78, 5) is 11.0. The second-order valence-electron chi connectivity index (χ2n) is 4.89. The summed E-state index contributed by atoms with van der Waals surface area (Å²) in [5.41, 5.74) is 0.767. The van der Waals surface area contributed by atoms with E-state index in [2.05, 4.69) is 15.4 Å². The number of hydrogen-bond acceptors (Lipinski definition) is 4. The fourth-order valence-electron chi connectivity index (χ4n) is 2.27. The van der Waals surface area contributed by atoms with Gasteiger partial charge in [-0.25, -0.2) is 4.79 Å². The molecule has 1 aliphatic heterocycles.